The van der Waals surface area contributed by atoms with Crippen molar-refractivity contribution in [2.45, 2.75) is 32.4 Å². The number of carbonyl (C=O) groups excluding carboxylic acids is 1. The van der Waals surface area contributed by atoms with Crippen LogP contribution >= 0.6 is 0 Å². The van der Waals surface area contributed by atoms with E-state index in [0.29, 0.717) is 6.07 Å². The first-order valence-corrected chi connectivity index (χ1v) is 8.82. The molecule has 10 heteroatoms. The smallest absolute Gasteiger partial charge is 0.324 e. The number of nitrogens with one attached hydrogen (secondary N) is 1. The van der Waals surface area contributed by atoms with Crippen LogP contribution in [-0.2, 0) is 9.59 Å². The second kappa shape index (κ2) is 8.96. The molecule has 0 spiro atoms. The Bertz CT molecular complexity index is 738. The highest BCUT2D eigenvalue weighted by molar-refractivity contribution is 5.94. The van der Waals surface area contributed by atoms with E-state index in [2.05, 4.69) is 5.32 Å². The van der Waals surface area contributed by atoms with Gasteiger partial charge in [0.2, 0.25) is 0 Å². The first-order valence-electron chi connectivity index (χ1n) is 8.82. The molecule has 1 aliphatic rings. The molecule has 2 amide bonds. The SMILES string of the molecule is CC(C)C[C@H](NC(CN1CCN(c2cc(F)cc(F)c2)C1=O)C(=O)O)C(=O)O. The fraction of sp³-hybridized carbons (Fsp3) is 0.500. The Hall–Kier alpha value is -2.75. The van der Waals surface area contributed by atoms with E-state index in [-0.39, 0.29) is 37.7 Å². The zero-order chi connectivity index (χ0) is 21.0. The largest absolute Gasteiger partial charge is 0.480 e. The van der Waals surface area contributed by atoms with Gasteiger partial charge in [-0.2, -0.15) is 0 Å². The Kier molecular flexibility index (Phi) is 6.90. The summed E-state index contributed by atoms with van der Waals surface area (Å²) < 4.78 is 26.8. The fourth-order valence-corrected chi connectivity index (χ4v) is 3.06. The van der Waals surface area contributed by atoms with Gasteiger partial charge in [0.05, 0.1) is 5.69 Å². The molecule has 0 aliphatic carbocycles. The van der Waals surface area contributed by atoms with Crippen molar-refractivity contribution in [1.29, 1.82) is 0 Å². The molecular formula is C18H23F2N3O5. The minimum absolute atomic E-state index is 0.0230. The average molecular weight is 399 g/mol. The van der Waals surface area contributed by atoms with Gasteiger partial charge in [0.25, 0.3) is 0 Å². The summed E-state index contributed by atoms with van der Waals surface area (Å²) in [6.07, 6.45) is 0.224. The van der Waals surface area contributed by atoms with E-state index in [1.165, 1.54) is 4.90 Å². The Morgan fingerprint density at radius 1 is 1.07 bits per heavy atom. The normalized spacial score (nSPS) is 16.5. The van der Waals surface area contributed by atoms with Crippen LogP contribution in [-0.4, -0.2) is 64.8 Å². The first-order chi connectivity index (χ1) is 13.1. The van der Waals surface area contributed by atoms with Gasteiger partial charge < -0.3 is 15.1 Å². The van der Waals surface area contributed by atoms with Gasteiger partial charge in [0, 0.05) is 25.7 Å². The number of rotatable bonds is 9. The van der Waals surface area contributed by atoms with Crippen LogP contribution in [0.5, 0.6) is 0 Å². The summed E-state index contributed by atoms with van der Waals surface area (Å²) in [5.74, 6) is -4.11. The minimum atomic E-state index is -1.30. The maximum atomic E-state index is 13.4. The number of carboxylic acid groups (broad SMARTS) is 2. The highest BCUT2D eigenvalue weighted by Gasteiger charge is 2.35. The van der Waals surface area contributed by atoms with Gasteiger partial charge in [-0.15, -0.1) is 0 Å². The number of anilines is 1. The third-order valence-electron chi connectivity index (χ3n) is 4.36. The van der Waals surface area contributed by atoms with E-state index >= 15 is 0 Å². The molecule has 2 rings (SSSR count). The monoisotopic (exact) mass is 399 g/mol. The number of hydrogen-bond acceptors (Lipinski definition) is 4. The third kappa shape index (κ3) is 5.38. The summed E-state index contributed by atoms with van der Waals surface area (Å²) in [5, 5.41) is 21.3. The molecule has 1 heterocycles. The van der Waals surface area contributed by atoms with Crippen molar-refractivity contribution in [1.82, 2.24) is 10.2 Å². The zero-order valence-electron chi connectivity index (χ0n) is 15.6. The number of urea groups is 1. The van der Waals surface area contributed by atoms with Crippen LogP contribution in [0.15, 0.2) is 18.2 Å². The molecule has 154 valence electrons. The molecule has 0 bridgehead atoms. The predicted octanol–water partition coefficient (Wildman–Crippen LogP) is 1.75. The van der Waals surface area contributed by atoms with E-state index in [9.17, 15) is 33.4 Å². The molecule has 1 aliphatic heterocycles. The lowest BCUT2D eigenvalue weighted by atomic mass is 10.0. The Labute approximate surface area is 160 Å². The number of carboxylic acids is 2. The highest BCUT2D eigenvalue weighted by atomic mass is 19.1. The molecule has 1 fully saturated rings. The molecule has 3 N–H and O–H groups in total. The number of aliphatic carboxylic acids is 2. The van der Waals surface area contributed by atoms with Crippen LogP contribution in [0.1, 0.15) is 20.3 Å². The number of halogens is 2. The van der Waals surface area contributed by atoms with Gasteiger partial charge >= 0.3 is 18.0 Å². The number of nitrogens with zero attached hydrogens (tertiary/aromatic N) is 2. The van der Waals surface area contributed by atoms with Gasteiger partial charge in [-0.05, 0) is 24.5 Å². The molecule has 0 saturated carbocycles. The molecule has 8 nitrogen and oxygen atoms in total. The van der Waals surface area contributed by atoms with Crippen molar-refractivity contribution in [2.24, 2.45) is 5.92 Å². The molecular weight excluding hydrogens is 376 g/mol. The lowest BCUT2D eigenvalue weighted by Gasteiger charge is -2.25. The molecule has 1 unspecified atom stereocenters. The maximum Gasteiger partial charge on any atom is 0.324 e. The number of benzene rings is 1. The molecule has 1 aromatic carbocycles. The second-order valence-corrected chi connectivity index (χ2v) is 7.09. The van der Waals surface area contributed by atoms with E-state index in [0.717, 1.165) is 17.0 Å². The second-order valence-electron chi connectivity index (χ2n) is 7.09. The van der Waals surface area contributed by atoms with Crippen LogP contribution < -0.4 is 10.2 Å². The summed E-state index contributed by atoms with van der Waals surface area (Å²) in [6.45, 7) is 3.62. The van der Waals surface area contributed by atoms with Crippen molar-refractivity contribution >= 4 is 23.7 Å². The number of amides is 2. The summed E-state index contributed by atoms with van der Waals surface area (Å²) in [5.41, 5.74) is 0.0352. The van der Waals surface area contributed by atoms with E-state index in [1.807, 2.05) is 13.8 Å². The van der Waals surface area contributed by atoms with Gasteiger partial charge in [-0.1, -0.05) is 13.8 Å². The standard InChI is InChI=1S/C18H23F2N3O5/c1-10(2)5-14(16(24)25)21-15(17(26)27)9-22-3-4-23(18(22)28)13-7-11(19)6-12(20)8-13/h6-8,10,14-15,21H,3-5,9H2,1-2H3,(H,24,25)(H,26,27)/t14-,15?/m0/s1. The Morgan fingerprint density at radius 3 is 2.14 bits per heavy atom. The van der Waals surface area contributed by atoms with Crippen LogP contribution in [0, 0.1) is 17.6 Å². The van der Waals surface area contributed by atoms with Crippen LogP contribution in [0.4, 0.5) is 19.3 Å². The third-order valence-corrected chi connectivity index (χ3v) is 4.36. The lowest BCUT2D eigenvalue weighted by molar-refractivity contribution is -0.143. The van der Waals surface area contributed by atoms with Crippen molar-refractivity contribution in [2.75, 3.05) is 24.5 Å². The molecule has 28 heavy (non-hydrogen) atoms. The fourth-order valence-electron chi connectivity index (χ4n) is 3.06. The van der Waals surface area contributed by atoms with Gasteiger partial charge in [0.15, 0.2) is 0 Å². The van der Waals surface area contributed by atoms with Gasteiger partial charge in [0.1, 0.15) is 23.7 Å². The van der Waals surface area contributed by atoms with E-state index in [1.54, 1.807) is 0 Å². The number of hydrogen-bond donors (Lipinski definition) is 3. The lowest BCUT2D eigenvalue weighted by Crippen LogP contribution is -2.53. The molecule has 0 aromatic heterocycles. The maximum absolute atomic E-state index is 13.4. The zero-order valence-corrected chi connectivity index (χ0v) is 15.6. The van der Waals surface area contributed by atoms with Crippen LogP contribution in [0.25, 0.3) is 0 Å². The molecule has 1 aromatic rings. The van der Waals surface area contributed by atoms with Crippen LogP contribution in [0.2, 0.25) is 0 Å². The van der Waals surface area contributed by atoms with E-state index < -0.39 is 41.7 Å². The molecule has 2 atom stereocenters. The summed E-state index contributed by atoms with van der Waals surface area (Å²) in [7, 11) is 0. The Morgan fingerprint density at radius 2 is 1.64 bits per heavy atom. The van der Waals surface area contributed by atoms with Gasteiger partial charge in [-0.3, -0.25) is 19.8 Å². The molecule has 1 saturated heterocycles. The van der Waals surface area contributed by atoms with Gasteiger partial charge in [-0.25, -0.2) is 13.6 Å². The predicted molar refractivity (Wildman–Crippen MR) is 96.1 cm³/mol. The summed E-state index contributed by atoms with van der Waals surface area (Å²) in [6, 6.07) is -0.262. The van der Waals surface area contributed by atoms with Crippen molar-refractivity contribution in [3.63, 3.8) is 0 Å². The Balaban J connectivity index is 2.10. The molecule has 0 radical (unpaired) electrons. The number of carbonyl (C=O) groups is 3. The summed E-state index contributed by atoms with van der Waals surface area (Å²) >= 11 is 0. The van der Waals surface area contributed by atoms with Crippen molar-refractivity contribution in [3.8, 4) is 0 Å². The summed E-state index contributed by atoms with van der Waals surface area (Å²) in [4.78, 5) is 37.9. The quantitative estimate of drug-likeness (QED) is 0.584. The van der Waals surface area contributed by atoms with E-state index in [4.69, 9.17) is 0 Å². The van der Waals surface area contributed by atoms with Crippen molar-refractivity contribution in [3.05, 3.63) is 29.8 Å². The van der Waals surface area contributed by atoms with Crippen LogP contribution in [0.3, 0.4) is 0 Å². The minimum Gasteiger partial charge on any atom is -0.480 e. The average Bonchev–Trinajstić information content (AvgIpc) is 2.92. The highest BCUT2D eigenvalue weighted by Crippen LogP contribution is 2.23. The first kappa shape index (κ1) is 21.5. The topological polar surface area (TPSA) is 110 Å². The van der Waals surface area contributed by atoms with Crippen molar-refractivity contribution < 1.29 is 33.4 Å².